The number of pyridine rings is 1. The fraction of sp³-hybridized carbons (Fsp3) is 0.312. The lowest BCUT2D eigenvalue weighted by Gasteiger charge is -2.22. The highest BCUT2D eigenvalue weighted by Crippen LogP contribution is 2.30. The van der Waals surface area contributed by atoms with E-state index in [1.165, 1.54) is 0 Å². The Morgan fingerprint density at radius 2 is 2.10 bits per heavy atom. The van der Waals surface area contributed by atoms with E-state index in [0.717, 1.165) is 23.6 Å². The largest absolute Gasteiger partial charge is 0.383 e. The number of anilines is 1. The summed E-state index contributed by atoms with van der Waals surface area (Å²) in [5.41, 5.74) is 6.43. The van der Waals surface area contributed by atoms with Crippen LogP contribution in [0.3, 0.4) is 0 Å². The number of amides is 1. The fourth-order valence-corrected chi connectivity index (χ4v) is 2.55. The summed E-state index contributed by atoms with van der Waals surface area (Å²) in [5, 5.41) is 10.4. The smallest absolute Gasteiger partial charge is 0.256 e. The molecule has 0 spiro atoms. The number of carbonyl (C=O) groups is 1. The average molecular weight is 280 g/mol. The molecule has 1 aliphatic carbocycles. The second-order valence-electron chi connectivity index (χ2n) is 5.24. The molecule has 2 aromatic rings. The molecule has 1 fully saturated rings. The van der Waals surface area contributed by atoms with Gasteiger partial charge in [-0.2, -0.15) is 5.26 Å². The summed E-state index contributed by atoms with van der Waals surface area (Å²) in [5.74, 6) is 0.369. The average Bonchev–Trinajstić information content (AvgIpc) is 3.33. The Bertz CT molecular complexity index is 731. The zero-order valence-electron chi connectivity index (χ0n) is 11.6. The Hall–Kier alpha value is -2.61. The molecule has 21 heavy (non-hydrogen) atoms. The van der Waals surface area contributed by atoms with Crippen molar-refractivity contribution >= 4 is 22.5 Å². The van der Waals surface area contributed by atoms with Gasteiger partial charge in [-0.25, -0.2) is 4.98 Å². The van der Waals surface area contributed by atoms with Crippen molar-refractivity contribution in [2.24, 2.45) is 0 Å². The first-order chi connectivity index (χ1) is 10.2. The van der Waals surface area contributed by atoms with Crippen LogP contribution in [0.2, 0.25) is 0 Å². The Balaban J connectivity index is 2.01. The second-order valence-corrected chi connectivity index (χ2v) is 5.24. The Morgan fingerprint density at radius 1 is 1.38 bits per heavy atom. The number of hydrogen-bond acceptors (Lipinski definition) is 4. The van der Waals surface area contributed by atoms with E-state index < -0.39 is 0 Å². The molecule has 0 saturated heterocycles. The minimum Gasteiger partial charge on any atom is -0.383 e. The summed E-state index contributed by atoms with van der Waals surface area (Å²) in [4.78, 5) is 18.7. The maximum absolute atomic E-state index is 12.8. The first-order valence-corrected chi connectivity index (χ1v) is 7.03. The fourth-order valence-electron chi connectivity index (χ4n) is 2.55. The zero-order chi connectivity index (χ0) is 14.8. The van der Waals surface area contributed by atoms with Gasteiger partial charge in [-0.3, -0.25) is 4.79 Å². The predicted octanol–water partition coefficient (Wildman–Crippen LogP) is 2.34. The summed E-state index contributed by atoms with van der Waals surface area (Å²) >= 11 is 0. The zero-order valence-corrected chi connectivity index (χ0v) is 11.6. The van der Waals surface area contributed by atoms with E-state index in [4.69, 9.17) is 11.0 Å². The molecule has 1 amide bonds. The van der Waals surface area contributed by atoms with Crippen LogP contribution in [0.15, 0.2) is 30.5 Å². The van der Waals surface area contributed by atoms with Crippen LogP contribution in [-0.2, 0) is 0 Å². The highest BCUT2D eigenvalue weighted by molar-refractivity contribution is 6.09. The third-order valence-electron chi connectivity index (χ3n) is 3.77. The van der Waals surface area contributed by atoms with Crippen LogP contribution in [-0.4, -0.2) is 28.4 Å². The minimum atomic E-state index is -0.0588. The minimum absolute atomic E-state index is 0.0588. The van der Waals surface area contributed by atoms with Gasteiger partial charge in [0, 0.05) is 24.2 Å². The molecule has 0 aliphatic heterocycles. The second kappa shape index (κ2) is 5.41. The van der Waals surface area contributed by atoms with Gasteiger partial charge < -0.3 is 10.6 Å². The molecule has 2 N–H and O–H groups in total. The number of rotatable bonds is 4. The molecule has 3 rings (SSSR count). The molecule has 0 unspecified atom stereocenters. The summed E-state index contributed by atoms with van der Waals surface area (Å²) in [6, 6.07) is 9.88. The van der Waals surface area contributed by atoms with E-state index in [1.807, 2.05) is 24.3 Å². The number of nitrogens with zero attached hydrogens (tertiary/aromatic N) is 3. The molecular formula is C16H16N4O. The lowest BCUT2D eigenvalue weighted by atomic mass is 10.1. The summed E-state index contributed by atoms with van der Waals surface area (Å²) < 4.78 is 0. The maximum atomic E-state index is 12.8. The molecule has 5 heteroatoms. The highest BCUT2D eigenvalue weighted by atomic mass is 16.2. The van der Waals surface area contributed by atoms with Crippen molar-refractivity contribution in [2.75, 3.05) is 12.3 Å². The van der Waals surface area contributed by atoms with E-state index in [9.17, 15) is 4.79 Å². The highest BCUT2D eigenvalue weighted by Gasteiger charge is 2.33. The van der Waals surface area contributed by atoms with E-state index in [2.05, 4.69) is 11.1 Å². The number of fused-ring (bicyclic) bond motifs is 1. The molecule has 1 aliphatic rings. The molecule has 0 bridgehead atoms. The maximum Gasteiger partial charge on any atom is 0.256 e. The van der Waals surface area contributed by atoms with Crippen molar-refractivity contribution < 1.29 is 4.79 Å². The summed E-state index contributed by atoms with van der Waals surface area (Å²) in [6.45, 7) is 0.471. The lowest BCUT2D eigenvalue weighted by molar-refractivity contribution is 0.0748. The molecule has 1 aromatic heterocycles. The van der Waals surface area contributed by atoms with Gasteiger partial charge in [-0.15, -0.1) is 0 Å². The number of nitriles is 1. The molecule has 5 nitrogen and oxygen atoms in total. The van der Waals surface area contributed by atoms with Crippen molar-refractivity contribution in [2.45, 2.75) is 25.3 Å². The van der Waals surface area contributed by atoms with E-state index in [-0.39, 0.29) is 11.9 Å². The molecule has 1 saturated carbocycles. The lowest BCUT2D eigenvalue weighted by Crippen LogP contribution is -2.34. The number of benzene rings is 1. The predicted molar refractivity (Wildman–Crippen MR) is 80.4 cm³/mol. The standard InChI is InChI=1S/C16H16N4O/c17-8-3-9-20(11-6-7-11)16(21)14-10-19-15(18)13-5-2-1-4-12(13)14/h1-2,4-5,10-11H,3,6-7,9H2,(H2,18,19). The van der Waals surface area contributed by atoms with Crippen molar-refractivity contribution in [3.05, 3.63) is 36.0 Å². The third kappa shape index (κ3) is 2.52. The number of carbonyl (C=O) groups excluding carboxylic acids is 1. The number of hydrogen-bond donors (Lipinski definition) is 1. The van der Waals surface area contributed by atoms with Gasteiger partial charge in [0.25, 0.3) is 5.91 Å². The monoisotopic (exact) mass is 280 g/mol. The number of nitrogen functional groups attached to an aromatic ring is 1. The van der Waals surface area contributed by atoms with Crippen LogP contribution in [0.5, 0.6) is 0 Å². The summed E-state index contributed by atoms with van der Waals surface area (Å²) in [6.07, 6.45) is 3.92. The topological polar surface area (TPSA) is 83.0 Å². The SMILES string of the molecule is N#CCCN(C(=O)c1cnc(N)c2ccccc12)C1CC1. The number of aromatic nitrogens is 1. The third-order valence-corrected chi connectivity index (χ3v) is 3.77. The van der Waals surface area contributed by atoms with Gasteiger partial charge in [0.05, 0.1) is 18.1 Å². The van der Waals surface area contributed by atoms with Gasteiger partial charge in [0.15, 0.2) is 0 Å². The molecular weight excluding hydrogens is 264 g/mol. The Kier molecular flexibility index (Phi) is 3.44. The first-order valence-electron chi connectivity index (χ1n) is 7.03. The first kappa shape index (κ1) is 13.4. The summed E-state index contributed by atoms with van der Waals surface area (Å²) in [7, 11) is 0. The van der Waals surface area contributed by atoms with Crippen molar-refractivity contribution in [1.82, 2.24) is 9.88 Å². The van der Waals surface area contributed by atoms with Gasteiger partial charge in [-0.1, -0.05) is 24.3 Å². The van der Waals surface area contributed by atoms with Crippen LogP contribution in [0, 0.1) is 11.3 Å². The van der Waals surface area contributed by atoms with Gasteiger partial charge in [0.2, 0.25) is 0 Å². The van der Waals surface area contributed by atoms with E-state index >= 15 is 0 Å². The quantitative estimate of drug-likeness (QED) is 0.931. The Labute approximate surface area is 123 Å². The van der Waals surface area contributed by atoms with Crippen LogP contribution in [0.25, 0.3) is 10.8 Å². The van der Waals surface area contributed by atoms with Crippen LogP contribution in [0.4, 0.5) is 5.82 Å². The van der Waals surface area contributed by atoms with Gasteiger partial charge in [-0.05, 0) is 18.2 Å². The molecule has 106 valence electrons. The normalized spacial score (nSPS) is 13.9. The van der Waals surface area contributed by atoms with Gasteiger partial charge >= 0.3 is 0 Å². The van der Waals surface area contributed by atoms with E-state index in [0.29, 0.717) is 24.3 Å². The number of nitrogens with two attached hydrogens (primary N) is 1. The Morgan fingerprint density at radius 3 is 2.76 bits per heavy atom. The molecule has 1 heterocycles. The van der Waals surface area contributed by atoms with E-state index in [1.54, 1.807) is 11.1 Å². The van der Waals surface area contributed by atoms with Crippen molar-refractivity contribution in [1.29, 1.82) is 5.26 Å². The van der Waals surface area contributed by atoms with Crippen molar-refractivity contribution in [3.63, 3.8) is 0 Å². The van der Waals surface area contributed by atoms with Gasteiger partial charge in [0.1, 0.15) is 5.82 Å². The van der Waals surface area contributed by atoms with Crippen LogP contribution in [0.1, 0.15) is 29.6 Å². The van der Waals surface area contributed by atoms with Crippen LogP contribution < -0.4 is 5.73 Å². The molecule has 0 atom stereocenters. The van der Waals surface area contributed by atoms with Crippen molar-refractivity contribution in [3.8, 4) is 6.07 Å². The molecule has 0 radical (unpaired) electrons. The van der Waals surface area contributed by atoms with Crippen LogP contribution >= 0.6 is 0 Å². The molecule has 1 aromatic carbocycles.